The molecule has 0 radical (unpaired) electrons. The summed E-state index contributed by atoms with van der Waals surface area (Å²) in [4.78, 5) is 18.8. The van der Waals surface area contributed by atoms with Crippen LogP contribution in [0.4, 0.5) is 25.8 Å². The van der Waals surface area contributed by atoms with Crippen molar-refractivity contribution in [3.63, 3.8) is 0 Å². The third-order valence-electron chi connectivity index (χ3n) is 5.34. The van der Waals surface area contributed by atoms with Crippen LogP contribution in [0.25, 0.3) is 0 Å². The standard InChI is InChI=1S/C23H27F2N3O2/c1-4-26-22-20(27(3)15-29)6-5-7-21(22)30-14-17-8-10-28(11-9-17)23-18(24)12-16(2)13-19(23)25/h4-7,12-13,15,17H,8-11,14H2,1-3H3/b26-4-. The van der Waals surface area contributed by atoms with Gasteiger partial charge in [-0.25, -0.2) is 8.78 Å². The average Bonchev–Trinajstić information content (AvgIpc) is 2.72. The fourth-order valence-electron chi connectivity index (χ4n) is 3.75. The summed E-state index contributed by atoms with van der Waals surface area (Å²) in [5, 5.41) is 0. The molecule has 1 aliphatic heterocycles. The van der Waals surface area contributed by atoms with Gasteiger partial charge in [-0.1, -0.05) is 6.07 Å². The minimum absolute atomic E-state index is 0.0594. The number of piperidine rings is 1. The van der Waals surface area contributed by atoms with Gasteiger partial charge < -0.3 is 14.5 Å². The number of aliphatic imine (C=N–C) groups is 1. The quantitative estimate of drug-likeness (QED) is 0.478. The lowest BCUT2D eigenvalue weighted by molar-refractivity contribution is -0.107. The lowest BCUT2D eigenvalue weighted by Crippen LogP contribution is -2.36. The van der Waals surface area contributed by atoms with E-state index in [0.29, 0.717) is 42.4 Å². The first-order valence-electron chi connectivity index (χ1n) is 10.1. The minimum Gasteiger partial charge on any atom is -0.491 e. The number of carbonyl (C=O) groups excluding carboxylic acids is 1. The zero-order chi connectivity index (χ0) is 21.7. The van der Waals surface area contributed by atoms with Gasteiger partial charge in [-0.05, 0) is 62.4 Å². The van der Waals surface area contributed by atoms with E-state index < -0.39 is 11.6 Å². The second kappa shape index (κ2) is 9.69. The number of anilines is 2. The van der Waals surface area contributed by atoms with Crippen molar-refractivity contribution in [2.45, 2.75) is 26.7 Å². The monoisotopic (exact) mass is 415 g/mol. The highest BCUT2D eigenvalue weighted by Crippen LogP contribution is 2.37. The van der Waals surface area contributed by atoms with E-state index in [1.54, 1.807) is 32.0 Å². The van der Waals surface area contributed by atoms with Crippen molar-refractivity contribution in [2.24, 2.45) is 10.9 Å². The maximum absolute atomic E-state index is 14.3. The third kappa shape index (κ3) is 4.78. The van der Waals surface area contributed by atoms with Gasteiger partial charge in [0.25, 0.3) is 0 Å². The predicted octanol–water partition coefficient (Wildman–Crippen LogP) is 4.88. The number of aryl methyl sites for hydroxylation is 1. The van der Waals surface area contributed by atoms with Crippen molar-refractivity contribution < 1.29 is 18.3 Å². The predicted molar refractivity (Wildman–Crippen MR) is 116 cm³/mol. The summed E-state index contributed by atoms with van der Waals surface area (Å²) in [5.74, 6) is -0.151. The molecule has 0 spiro atoms. The highest BCUT2D eigenvalue weighted by atomic mass is 19.1. The molecule has 0 unspecified atom stereocenters. The van der Waals surface area contributed by atoms with Gasteiger partial charge >= 0.3 is 0 Å². The molecule has 0 atom stereocenters. The molecule has 30 heavy (non-hydrogen) atoms. The van der Waals surface area contributed by atoms with Gasteiger partial charge in [-0.3, -0.25) is 9.79 Å². The zero-order valence-corrected chi connectivity index (χ0v) is 17.6. The van der Waals surface area contributed by atoms with Gasteiger partial charge in [0.1, 0.15) is 28.8 Å². The molecule has 2 aromatic carbocycles. The zero-order valence-electron chi connectivity index (χ0n) is 17.6. The molecule has 0 aliphatic carbocycles. The first kappa shape index (κ1) is 21.7. The molecule has 5 nitrogen and oxygen atoms in total. The van der Waals surface area contributed by atoms with Crippen LogP contribution >= 0.6 is 0 Å². The smallest absolute Gasteiger partial charge is 0.213 e. The molecule has 7 heteroatoms. The molecule has 1 saturated heterocycles. The SMILES string of the molecule is C/C=N\c1c(OCC2CCN(c3c(F)cc(C)cc3F)CC2)cccc1N(C)C=O. The van der Waals surface area contributed by atoms with Gasteiger partial charge in [0.15, 0.2) is 0 Å². The number of halogens is 2. The summed E-state index contributed by atoms with van der Waals surface area (Å²) >= 11 is 0. The van der Waals surface area contributed by atoms with E-state index in [0.717, 1.165) is 19.3 Å². The first-order chi connectivity index (χ1) is 14.4. The van der Waals surface area contributed by atoms with E-state index in [9.17, 15) is 13.6 Å². The maximum Gasteiger partial charge on any atom is 0.213 e. The molecule has 160 valence electrons. The summed E-state index contributed by atoms with van der Waals surface area (Å²) in [6.45, 7) is 5.10. The number of hydrogen-bond acceptors (Lipinski definition) is 4. The first-order valence-corrected chi connectivity index (χ1v) is 10.1. The second-order valence-electron chi connectivity index (χ2n) is 7.55. The van der Waals surface area contributed by atoms with Crippen LogP contribution in [0.5, 0.6) is 5.75 Å². The number of carbonyl (C=O) groups is 1. The van der Waals surface area contributed by atoms with Crippen molar-refractivity contribution in [3.05, 3.63) is 47.5 Å². The third-order valence-corrected chi connectivity index (χ3v) is 5.34. The van der Waals surface area contributed by atoms with Crippen LogP contribution in [-0.4, -0.2) is 39.4 Å². The maximum atomic E-state index is 14.3. The van der Waals surface area contributed by atoms with Gasteiger partial charge in [-0.15, -0.1) is 0 Å². The number of nitrogens with zero attached hydrogens (tertiary/aromatic N) is 3. The van der Waals surface area contributed by atoms with Gasteiger partial charge in [0.2, 0.25) is 6.41 Å². The molecular weight excluding hydrogens is 388 g/mol. The lowest BCUT2D eigenvalue weighted by Gasteiger charge is -2.34. The Kier molecular flexibility index (Phi) is 7.03. The van der Waals surface area contributed by atoms with Gasteiger partial charge in [0.05, 0.1) is 12.3 Å². The summed E-state index contributed by atoms with van der Waals surface area (Å²) < 4.78 is 34.6. The summed E-state index contributed by atoms with van der Waals surface area (Å²) in [5.41, 5.74) is 1.91. The molecule has 3 rings (SSSR count). The van der Waals surface area contributed by atoms with Crippen molar-refractivity contribution in [1.29, 1.82) is 0 Å². The van der Waals surface area contributed by atoms with Crippen molar-refractivity contribution in [3.8, 4) is 5.75 Å². The molecule has 1 aliphatic rings. The molecule has 0 aromatic heterocycles. The molecule has 0 N–H and O–H groups in total. The minimum atomic E-state index is -0.514. The number of para-hydroxylation sites is 1. The molecular formula is C23H27F2N3O2. The number of amides is 1. The van der Waals surface area contributed by atoms with Crippen LogP contribution in [0.3, 0.4) is 0 Å². The van der Waals surface area contributed by atoms with E-state index in [1.165, 1.54) is 17.0 Å². The lowest BCUT2D eigenvalue weighted by atomic mass is 9.97. The van der Waals surface area contributed by atoms with Crippen molar-refractivity contribution >= 4 is 29.7 Å². The Bertz CT molecular complexity index is 902. The molecule has 1 heterocycles. The fourth-order valence-corrected chi connectivity index (χ4v) is 3.75. The summed E-state index contributed by atoms with van der Waals surface area (Å²) in [7, 11) is 1.67. The van der Waals surface area contributed by atoms with E-state index in [2.05, 4.69) is 4.99 Å². The number of rotatable bonds is 7. The van der Waals surface area contributed by atoms with E-state index in [4.69, 9.17) is 4.74 Å². The normalized spacial score (nSPS) is 14.9. The van der Waals surface area contributed by atoms with Crippen LogP contribution in [0, 0.1) is 24.5 Å². The molecule has 1 amide bonds. The van der Waals surface area contributed by atoms with E-state index >= 15 is 0 Å². The van der Waals surface area contributed by atoms with Crippen LogP contribution in [0.1, 0.15) is 25.3 Å². The Morgan fingerprint density at radius 1 is 1.23 bits per heavy atom. The summed E-state index contributed by atoms with van der Waals surface area (Å²) in [6, 6.07) is 8.20. The Balaban J connectivity index is 1.65. The van der Waals surface area contributed by atoms with E-state index in [1.807, 2.05) is 18.2 Å². The Morgan fingerprint density at radius 3 is 2.50 bits per heavy atom. The van der Waals surface area contributed by atoms with Crippen LogP contribution < -0.4 is 14.5 Å². The average molecular weight is 415 g/mol. The number of hydrogen-bond donors (Lipinski definition) is 0. The summed E-state index contributed by atoms with van der Waals surface area (Å²) in [6.07, 6.45) is 3.93. The fraction of sp³-hybridized carbons (Fsp3) is 0.391. The largest absolute Gasteiger partial charge is 0.491 e. The Hall–Kier alpha value is -2.96. The number of benzene rings is 2. The van der Waals surface area contributed by atoms with Gasteiger partial charge in [-0.2, -0.15) is 0 Å². The van der Waals surface area contributed by atoms with Crippen LogP contribution in [0.15, 0.2) is 35.3 Å². The highest BCUT2D eigenvalue weighted by Gasteiger charge is 2.25. The van der Waals surface area contributed by atoms with Crippen molar-refractivity contribution in [2.75, 3.05) is 36.5 Å². The van der Waals surface area contributed by atoms with Crippen LogP contribution in [-0.2, 0) is 4.79 Å². The molecule has 0 saturated carbocycles. The topological polar surface area (TPSA) is 45.1 Å². The second-order valence-corrected chi connectivity index (χ2v) is 7.55. The Morgan fingerprint density at radius 2 is 1.90 bits per heavy atom. The molecule has 1 fully saturated rings. The number of ether oxygens (including phenoxy) is 1. The molecule has 2 aromatic rings. The Labute approximate surface area is 176 Å². The van der Waals surface area contributed by atoms with Crippen molar-refractivity contribution in [1.82, 2.24) is 0 Å². The van der Waals surface area contributed by atoms with Gasteiger partial charge in [0, 0.05) is 26.4 Å². The van der Waals surface area contributed by atoms with Crippen LogP contribution in [0.2, 0.25) is 0 Å². The highest BCUT2D eigenvalue weighted by molar-refractivity contribution is 5.86. The van der Waals surface area contributed by atoms with E-state index in [-0.39, 0.29) is 11.6 Å². The molecule has 0 bridgehead atoms.